The molecule has 3 atom stereocenters. The monoisotopic (exact) mass is 401 g/mol. The topological polar surface area (TPSA) is 53.1 Å². The summed E-state index contributed by atoms with van der Waals surface area (Å²) in [6, 6.07) is 7.75. The Bertz CT molecular complexity index is 705. The van der Waals surface area contributed by atoms with Crippen LogP contribution in [0.1, 0.15) is 32.8 Å². The van der Waals surface area contributed by atoms with E-state index in [0.717, 1.165) is 37.5 Å². The molecule has 0 spiro atoms. The Morgan fingerprint density at radius 3 is 2.34 bits per heavy atom. The Balaban J connectivity index is 1.44. The number of piperidine rings is 1. The summed E-state index contributed by atoms with van der Waals surface area (Å²) in [6.07, 6.45) is 0.689. The lowest BCUT2D eigenvalue weighted by molar-refractivity contribution is -0.140. The van der Waals surface area contributed by atoms with E-state index in [1.54, 1.807) is 6.92 Å². The predicted molar refractivity (Wildman–Crippen MR) is 114 cm³/mol. The van der Waals surface area contributed by atoms with Crippen LogP contribution < -0.4 is 4.74 Å². The highest BCUT2D eigenvalue weighted by atomic mass is 16.5. The maximum absolute atomic E-state index is 12.7. The van der Waals surface area contributed by atoms with E-state index in [0.29, 0.717) is 31.5 Å². The minimum atomic E-state index is -0.513. The number of hydrogen-bond donors (Lipinski definition) is 0. The molecule has 2 fully saturated rings. The predicted octanol–water partition coefficient (Wildman–Crippen LogP) is 2.41. The van der Waals surface area contributed by atoms with Gasteiger partial charge in [0.15, 0.2) is 6.10 Å². The van der Waals surface area contributed by atoms with Gasteiger partial charge < -0.3 is 14.5 Å². The Morgan fingerprint density at radius 1 is 1.07 bits per heavy atom. The minimum absolute atomic E-state index is 0.0103. The number of piperazine rings is 1. The summed E-state index contributed by atoms with van der Waals surface area (Å²) in [5, 5.41) is 0. The van der Waals surface area contributed by atoms with Crippen molar-refractivity contribution in [2.45, 2.75) is 40.2 Å². The molecule has 0 aromatic heterocycles. The Morgan fingerprint density at radius 2 is 1.72 bits per heavy atom. The van der Waals surface area contributed by atoms with Crippen molar-refractivity contribution in [1.29, 1.82) is 0 Å². The number of aryl methyl sites for hydroxylation is 1. The third-order valence-electron chi connectivity index (χ3n) is 5.91. The number of amides is 2. The molecule has 6 heteroatoms. The zero-order valence-electron chi connectivity index (χ0n) is 18.3. The van der Waals surface area contributed by atoms with Crippen LogP contribution in [0.15, 0.2) is 24.3 Å². The van der Waals surface area contributed by atoms with E-state index in [-0.39, 0.29) is 11.8 Å². The minimum Gasteiger partial charge on any atom is -0.481 e. The highest BCUT2D eigenvalue weighted by Gasteiger charge is 2.29. The summed E-state index contributed by atoms with van der Waals surface area (Å²) in [4.78, 5) is 31.5. The van der Waals surface area contributed by atoms with E-state index < -0.39 is 6.10 Å². The molecule has 2 aliphatic rings. The van der Waals surface area contributed by atoms with Crippen LogP contribution in [0.25, 0.3) is 0 Å². The standard InChI is InChI=1S/C23H35N3O3/c1-17-6-5-7-21(13-17)29-20(4)23(28)25-10-8-24(9-11-25)16-22(27)26-14-18(2)12-19(3)15-26/h5-7,13,18-20H,8-12,14-16H2,1-4H3. The third kappa shape index (κ3) is 5.95. The molecular formula is C23H35N3O3. The summed E-state index contributed by atoms with van der Waals surface area (Å²) in [7, 11) is 0. The molecule has 0 bridgehead atoms. The first-order valence-electron chi connectivity index (χ1n) is 10.8. The van der Waals surface area contributed by atoms with Crippen molar-refractivity contribution in [2.75, 3.05) is 45.8 Å². The Labute approximate surface area is 174 Å². The maximum Gasteiger partial charge on any atom is 0.263 e. The van der Waals surface area contributed by atoms with Crippen molar-refractivity contribution in [3.05, 3.63) is 29.8 Å². The van der Waals surface area contributed by atoms with Crippen LogP contribution in [-0.2, 0) is 9.59 Å². The van der Waals surface area contributed by atoms with Gasteiger partial charge in [0.2, 0.25) is 5.91 Å². The molecule has 0 N–H and O–H groups in total. The normalized spacial score (nSPS) is 24.3. The first-order chi connectivity index (χ1) is 13.8. The Hall–Kier alpha value is -2.08. The van der Waals surface area contributed by atoms with Gasteiger partial charge in [-0.1, -0.05) is 26.0 Å². The van der Waals surface area contributed by atoms with E-state index in [4.69, 9.17) is 4.74 Å². The molecule has 3 rings (SSSR count). The molecular weight excluding hydrogens is 366 g/mol. The first kappa shape index (κ1) is 21.6. The quantitative estimate of drug-likeness (QED) is 0.760. The maximum atomic E-state index is 12.7. The average molecular weight is 402 g/mol. The van der Waals surface area contributed by atoms with Gasteiger partial charge in [-0.15, -0.1) is 0 Å². The van der Waals surface area contributed by atoms with Crippen molar-refractivity contribution in [3.63, 3.8) is 0 Å². The zero-order valence-corrected chi connectivity index (χ0v) is 18.3. The summed E-state index contributed by atoms with van der Waals surface area (Å²) >= 11 is 0. The van der Waals surface area contributed by atoms with Crippen LogP contribution in [0.2, 0.25) is 0 Å². The van der Waals surface area contributed by atoms with Gasteiger partial charge in [0.1, 0.15) is 5.75 Å². The van der Waals surface area contributed by atoms with E-state index >= 15 is 0 Å². The van der Waals surface area contributed by atoms with Crippen molar-refractivity contribution in [1.82, 2.24) is 14.7 Å². The summed E-state index contributed by atoms with van der Waals surface area (Å²) in [6.45, 7) is 13.2. The van der Waals surface area contributed by atoms with Gasteiger partial charge in [0.05, 0.1) is 6.54 Å². The SMILES string of the molecule is Cc1cccc(OC(C)C(=O)N2CCN(CC(=O)N3CC(C)CC(C)C3)CC2)c1. The number of likely N-dealkylation sites (tertiary alicyclic amines) is 1. The lowest BCUT2D eigenvalue weighted by atomic mass is 9.92. The third-order valence-corrected chi connectivity index (χ3v) is 5.91. The van der Waals surface area contributed by atoms with Gasteiger partial charge in [0, 0.05) is 39.3 Å². The zero-order chi connectivity index (χ0) is 21.0. The fraction of sp³-hybridized carbons (Fsp3) is 0.652. The molecule has 2 amide bonds. The molecule has 0 saturated carbocycles. The van der Waals surface area contributed by atoms with Crippen molar-refractivity contribution in [2.24, 2.45) is 11.8 Å². The molecule has 0 aliphatic carbocycles. The summed E-state index contributed by atoms with van der Waals surface area (Å²) in [5.74, 6) is 2.11. The van der Waals surface area contributed by atoms with Crippen molar-refractivity contribution < 1.29 is 14.3 Å². The van der Waals surface area contributed by atoms with Gasteiger partial charge in [-0.3, -0.25) is 14.5 Å². The van der Waals surface area contributed by atoms with Gasteiger partial charge in [-0.25, -0.2) is 0 Å². The number of hydrogen-bond acceptors (Lipinski definition) is 4. The lowest BCUT2D eigenvalue weighted by Crippen LogP contribution is -2.54. The highest BCUT2D eigenvalue weighted by Crippen LogP contribution is 2.21. The number of carbonyl (C=O) groups excluding carboxylic acids is 2. The molecule has 3 unspecified atom stereocenters. The van der Waals surface area contributed by atoms with Crippen LogP contribution in [0.5, 0.6) is 5.75 Å². The van der Waals surface area contributed by atoms with Crippen LogP contribution in [0.4, 0.5) is 0 Å². The number of carbonyl (C=O) groups is 2. The molecule has 0 radical (unpaired) electrons. The second kappa shape index (κ2) is 9.61. The largest absolute Gasteiger partial charge is 0.481 e. The number of ether oxygens (including phenoxy) is 1. The van der Waals surface area contributed by atoms with Gasteiger partial charge in [-0.05, 0) is 49.8 Å². The fourth-order valence-electron chi connectivity index (χ4n) is 4.48. The molecule has 1 aromatic rings. The van der Waals surface area contributed by atoms with Crippen LogP contribution >= 0.6 is 0 Å². The molecule has 2 aliphatic heterocycles. The van der Waals surface area contributed by atoms with Crippen LogP contribution in [0.3, 0.4) is 0 Å². The molecule has 29 heavy (non-hydrogen) atoms. The summed E-state index contributed by atoms with van der Waals surface area (Å²) < 4.78 is 5.84. The second-order valence-electron chi connectivity index (χ2n) is 8.92. The summed E-state index contributed by atoms with van der Waals surface area (Å²) in [5.41, 5.74) is 1.11. The average Bonchev–Trinajstić information content (AvgIpc) is 2.67. The number of benzene rings is 1. The number of nitrogens with zero attached hydrogens (tertiary/aromatic N) is 3. The van der Waals surface area contributed by atoms with Crippen LogP contribution in [0, 0.1) is 18.8 Å². The van der Waals surface area contributed by atoms with Gasteiger partial charge >= 0.3 is 0 Å². The lowest BCUT2D eigenvalue weighted by Gasteiger charge is -2.38. The second-order valence-corrected chi connectivity index (χ2v) is 8.92. The van der Waals surface area contributed by atoms with Gasteiger partial charge in [-0.2, -0.15) is 0 Å². The van der Waals surface area contributed by atoms with Crippen molar-refractivity contribution in [3.8, 4) is 5.75 Å². The molecule has 6 nitrogen and oxygen atoms in total. The fourth-order valence-corrected chi connectivity index (χ4v) is 4.48. The molecule has 2 saturated heterocycles. The van der Waals surface area contributed by atoms with E-state index in [1.165, 1.54) is 6.42 Å². The van der Waals surface area contributed by atoms with Crippen LogP contribution in [-0.4, -0.2) is 78.4 Å². The number of rotatable bonds is 5. The molecule has 1 aromatic carbocycles. The first-order valence-corrected chi connectivity index (χ1v) is 10.8. The van der Waals surface area contributed by atoms with E-state index in [2.05, 4.69) is 18.7 Å². The van der Waals surface area contributed by atoms with Crippen molar-refractivity contribution >= 4 is 11.8 Å². The molecule has 2 heterocycles. The Kier molecular flexibility index (Phi) is 7.17. The highest BCUT2D eigenvalue weighted by molar-refractivity contribution is 5.81. The van der Waals surface area contributed by atoms with E-state index in [1.807, 2.05) is 41.0 Å². The molecule has 160 valence electrons. The van der Waals surface area contributed by atoms with Gasteiger partial charge in [0.25, 0.3) is 5.91 Å². The smallest absolute Gasteiger partial charge is 0.263 e. The van der Waals surface area contributed by atoms with E-state index in [9.17, 15) is 9.59 Å².